The van der Waals surface area contributed by atoms with Crippen molar-refractivity contribution in [2.24, 2.45) is 10.8 Å². The van der Waals surface area contributed by atoms with Crippen LogP contribution in [-0.4, -0.2) is 12.2 Å². The van der Waals surface area contributed by atoms with Crippen LogP contribution in [0.3, 0.4) is 0 Å². The molecule has 0 spiro atoms. The lowest BCUT2D eigenvalue weighted by Gasteiger charge is -2.11. The molecule has 0 fully saturated rings. The third-order valence-electron chi connectivity index (χ3n) is 2.74. The van der Waals surface area contributed by atoms with Crippen molar-refractivity contribution >= 4 is 0 Å². The van der Waals surface area contributed by atoms with E-state index in [4.69, 9.17) is 4.74 Å². The van der Waals surface area contributed by atoms with Gasteiger partial charge < -0.3 is 9.84 Å². The van der Waals surface area contributed by atoms with Crippen molar-refractivity contribution in [1.29, 1.82) is 0 Å². The van der Waals surface area contributed by atoms with Crippen molar-refractivity contribution < 1.29 is 9.84 Å². The van der Waals surface area contributed by atoms with E-state index in [1.807, 2.05) is 12.1 Å². The summed E-state index contributed by atoms with van der Waals surface area (Å²) in [5.74, 6) is 13.4. The van der Waals surface area contributed by atoms with E-state index < -0.39 is 0 Å². The lowest BCUT2D eigenvalue weighted by molar-refractivity contribution is 0.281. The standard InChI is InChI=1S/C20H26O2/c1-19(2,3)10-8-15-13-18(22-7)16(12-17(15)14-21)9-11-20(4,5)6/h12-13,21H,14H2,1-7H3. The zero-order valence-electron chi connectivity index (χ0n) is 14.7. The number of benzene rings is 1. The molecule has 0 radical (unpaired) electrons. The Kier molecular flexibility index (Phi) is 5.70. The highest BCUT2D eigenvalue weighted by molar-refractivity contribution is 5.55. The van der Waals surface area contributed by atoms with E-state index in [0.717, 1.165) is 16.7 Å². The van der Waals surface area contributed by atoms with Crippen LogP contribution < -0.4 is 4.74 Å². The van der Waals surface area contributed by atoms with Gasteiger partial charge in [0.1, 0.15) is 5.75 Å². The Balaban J connectivity index is 3.40. The Morgan fingerprint density at radius 2 is 1.41 bits per heavy atom. The van der Waals surface area contributed by atoms with Gasteiger partial charge in [-0.25, -0.2) is 0 Å². The minimum Gasteiger partial charge on any atom is -0.495 e. The molecule has 0 aliphatic heterocycles. The van der Waals surface area contributed by atoms with Gasteiger partial charge in [-0.3, -0.25) is 0 Å². The normalized spacial score (nSPS) is 11.1. The summed E-state index contributed by atoms with van der Waals surface area (Å²) in [5, 5.41) is 9.61. The first-order chi connectivity index (χ1) is 10.1. The van der Waals surface area contributed by atoms with Crippen LogP contribution in [-0.2, 0) is 6.61 Å². The third kappa shape index (κ3) is 5.84. The number of aliphatic hydroxyl groups excluding tert-OH is 1. The van der Waals surface area contributed by atoms with Gasteiger partial charge in [-0.15, -0.1) is 0 Å². The molecule has 118 valence electrons. The van der Waals surface area contributed by atoms with E-state index in [1.165, 1.54) is 0 Å². The molecule has 1 aromatic rings. The highest BCUT2D eigenvalue weighted by atomic mass is 16.5. The first kappa shape index (κ1) is 18.1. The summed E-state index contributed by atoms with van der Waals surface area (Å²) in [5.41, 5.74) is 2.16. The van der Waals surface area contributed by atoms with Crippen LogP contribution in [0.15, 0.2) is 12.1 Å². The maximum Gasteiger partial charge on any atom is 0.135 e. The molecule has 0 heterocycles. The van der Waals surface area contributed by atoms with Crippen molar-refractivity contribution in [2.75, 3.05) is 7.11 Å². The van der Waals surface area contributed by atoms with Gasteiger partial charge in [0.15, 0.2) is 0 Å². The van der Waals surface area contributed by atoms with Gasteiger partial charge in [0.2, 0.25) is 0 Å². The molecule has 0 unspecified atom stereocenters. The summed E-state index contributed by atoms with van der Waals surface area (Å²) in [4.78, 5) is 0. The molecule has 0 bridgehead atoms. The highest BCUT2D eigenvalue weighted by Crippen LogP contribution is 2.24. The minimum absolute atomic E-state index is 0.0671. The molecule has 2 nitrogen and oxygen atoms in total. The van der Waals surface area contributed by atoms with Gasteiger partial charge in [0, 0.05) is 16.4 Å². The molecular formula is C20H26O2. The largest absolute Gasteiger partial charge is 0.495 e. The van der Waals surface area contributed by atoms with Gasteiger partial charge in [-0.05, 0) is 59.2 Å². The van der Waals surface area contributed by atoms with E-state index in [9.17, 15) is 5.11 Å². The van der Waals surface area contributed by atoms with Crippen molar-refractivity contribution in [1.82, 2.24) is 0 Å². The SMILES string of the molecule is COc1cc(C#CC(C)(C)C)c(CO)cc1C#CC(C)(C)C. The maximum absolute atomic E-state index is 9.61. The molecule has 1 N–H and O–H groups in total. The Morgan fingerprint density at radius 3 is 1.82 bits per heavy atom. The van der Waals surface area contributed by atoms with E-state index >= 15 is 0 Å². The Labute approximate surface area is 134 Å². The second-order valence-corrected chi connectivity index (χ2v) is 7.37. The molecule has 0 aromatic heterocycles. The highest BCUT2D eigenvalue weighted by Gasteiger charge is 2.10. The second-order valence-electron chi connectivity index (χ2n) is 7.37. The molecule has 0 atom stereocenters. The van der Waals surface area contributed by atoms with Crippen molar-refractivity contribution in [3.05, 3.63) is 28.8 Å². The molecule has 2 heteroatoms. The summed E-state index contributed by atoms with van der Waals surface area (Å²) in [7, 11) is 1.62. The average Bonchev–Trinajstić information content (AvgIpc) is 2.40. The molecule has 0 saturated carbocycles. The first-order valence-electron chi connectivity index (χ1n) is 7.44. The molecule has 0 amide bonds. The molecule has 0 aliphatic rings. The molecule has 22 heavy (non-hydrogen) atoms. The topological polar surface area (TPSA) is 29.5 Å². The van der Waals surface area contributed by atoms with Crippen molar-refractivity contribution in [2.45, 2.75) is 48.1 Å². The molecule has 1 rings (SSSR count). The van der Waals surface area contributed by atoms with Crippen LogP contribution in [0.1, 0.15) is 58.2 Å². The number of aliphatic hydroxyl groups is 1. The first-order valence-corrected chi connectivity index (χ1v) is 7.44. The molecular weight excluding hydrogens is 272 g/mol. The fourth-order valence-corrected chi connectivity index (χ4v) is 1.65. The summed E-state index contributed by atoms with van der Waals surface area (Å²) >= 11 is 0. The number of hydrogen-bond donors (Lipinski definition) is 1. The summed E-state index contributed by atoms with van der Waals surface area (Å²) in [6.07, 6.45) is 0. The van der Waals surface area contributed by atoms with E-state index in [0.29, 0.717) is 5.75 Å². The van der Waals surface area contributed by atoms with Crippen LogP contribution in [0.2, 0.25) is 0 Å². The van der Waals surface area contributed by atoms with Crippen LogP contribution in [0.5, 0.6) is 5.75 Å². The van der Waals surface area contributed by atoms with E-state index in [1.54, 1.807) is 7.11 Å². The monoisotopic (exact) mass is 298 g/mol. The predicted molar refractivity (Wildman–Crippen MR) is 91.6 cm³/mol. The van der Waals surface area contributed by atoms with Gasteiger partial charge in [-0.1, -0.05) is 23.7 Å². The average molecular weight is 298 g/mol. The van der Waals surface area contributed by atoms with Crippen LogP contribution in [0, 0.1) is 34.5 Å². The summed E-state index contributed by atoms with van der Waals surface area (Å²) in [6.45, 7) is 12.3. The fourth-order valence-electron chi connectivity index (χ4n) is 1.65. The third-order valence-corrected chi connectivity index (χ3v) is 2.74. The smallest absolute Gasteiger partial charge is 0.135 e. The second kappa shape index (κ2) is 6.91. The van der Waals surface area contributed by atoms with Crippen LogP contribution in [0.4, 0.5) is 0 Å². The summed E-state index contributed by atoms with van der Waals surface area (Å²) in [6, 6.07) is 3.72. The quantitative estimate of drug-likeness (QED) is 0.837. The molecule has 1 aromatic carbocycles. The predicted octanol–water partition coefficient (Wildman–Crippen LogP) is 3.98. The van der Waals surface area contributed by atoms with Gasteiger partial charge >= 0.3 is 0 Å². The Bertz CT molecular complexity index is 588. The number of rotatable bonds is 2. The lowest BCUT2D eigenvalue weighted by atomic mass is 9.95. The van der Waals surface area contributed by atoms with Gasteiger partial charge in [-0.2, -0.15) is 0 Å². The summed E-state index contributed by atoms with van der Waals surface area (Å²) < 4.78 is 5.43. The fraction of sp³-hybridized carbons (Fsp3) is 0.500. The molecule has 0 saturated heterocycles. The zero-order valence-corrected chi connectivity index (χ0v) is 14.7. The van der Waals surface area contributed by atoms with Crippen molar-refractivity contribution in [3.63, 3.8) is 0 Å². The Morgan fingerprint density at radius 1 is 0.909 bits per heavy atom. The number of methoxy groups -OCH3 is 1. The van der Waals surface area contributed by atoms with Crippen LogP contribution >= 0.6 is 0 Å². The maximum atomic E-state index is 9.61. The lowest BCUT2D eigenvalue weighted by Crippen LogP contribution is -2.02. The van der Waals surface area contributed by atoms with Crippen LogP contribution in [0.25, 0.3) is 0 Å². The van der Waals surface area contributed by atoms with E-state index in [-0.39, 0.29) is 17.4 Å². The van der Waals surface area contributed by atoms with Gasteiger partial charge in [0.25, 0.3) is 0 Å². The minimum atomic E-state index is -0.0926. The van der Waals surface area contributed by atoms with Gasteiger partial charge in [0.05, 0.1) is 19.3 Å². The van der Waals surface area contributed by atoms with E-state index in [2.05, 4.69) is 65.2 Å². The number of hydrogen-bond acceptors (Lipinski definition) is 2. The molecule has 0 aliphatic carbocycles. The van der Waals surface area contributed by atoms with Crippen molar-refractivity contribution in [3.8, 4) is 29.4 Å². The number of ether oxygens (including phenoxy) is 1. The Hall–Kier alpha value is -1.90. The zero-order chi connectivity index (χ0) is 17.0.